The van der Waals surface area contributed by atoms with Crippen LogP contribution in [0.4, 0.5) is 0 Å². The third kappa shape index (κ3) is 10.2. The van der Waals surface area contributed by atoms with Crippen molar-refractivity contribution in [3.63, 3.8) is 0 Å². The predicted molar refractivity (Wildman–Crippen MR) is 206 cm³/mol. The number of hydrogen-bond acceptors (Lipinski definition) is 5. The van der Waals surface area contributed by atoms with E-state index in [2.05, 4.69) is 111 Å². The molecule has 49 heavy (non-hydrogen) atoms. The van der Waals surface area contributed by atoms with E-state index in [0.717, 1.165) is 54.4 Å². The molecule has 1 N–H and O–H groups in total. The molecule has 2 heterocycles. The Balaban J connectivity index is 0.000000347. The van der Waals surface area contributed by atoms with Gasteiger partial charge in [-0.1, -0.05) is 104 Å². The summed E-state index contributed by atoms with van der Waals surface area (Å²) in [6, 6.07) is 23.3. The smallest absolute Gasteiger partial charge is 0.162 e. The Morgan fingerprint density at radius 2 is 1.53 bits per heavy atom. The fourth-order valence-electron chi connectivity index (χ4n) is 6.29. The molecule has 0 aliphatic rings. The number of fused-ring (bicyclic) bond motifs is 2. The van der Waals surface area contributed by atoms with E-state index in [9.17, 15) is 9.90 Å². The zero-order valence-corrected chi connectivity index (χ0v) is 33.9. The Hall–Kier alpha value is -3.18. The van der Waals surface area contributed by atoms with Gasteiger partial charge in [-0.05, 0) is 61.1 Å². The van der Waals surface area contributed by atoms with Crippen LogP contribution >= 0.6 is 11.3 Å². The number of thiophene rings is 1. The summed E-state index contributed by atoms with van der Waals surface area (Å²) in [6.07, 6.45) is 7.69. The first-order valence-electron chi connectivity index (χ1n) is 17.6. The number of carbonyl (C=O) groups excluding carboxylic acids is 1. The third-order valence-corrected chi connectivity index (χ3v) is 10.1. The molecular formula is C43H53IrN2O2S-. The molecule has 0 bridgehead atoms. The van der Waals surface area contributed by atoms with Gasteiger partial charge in [0.15, 0.2) is 5.78 Å². The monoisotopic (exact) mass is 854 g/mol. The Bertz CT molecular complexity index is 1860. The maximum Gasteiger partial charge on any atom is 0.162 e. The molecule has 0 saturated carbocycles. The van der Waals surface area contributed by atoms with E-state index >= 15 is 0 Å². The van der Waals surface area contributed by atoms with Crippen molar-refractivity contribution in [1.29, 1.82) is 0 Å². The molecule has 0 atom stereocenters. The Morgan fingerprint density at radius 1 is 0.878 bits per heavy atom. The summed E-state index contributed by atoms with van der Waals surface area (Å²) >= 11 is 1.79. The van der Waals surface area contributed by atoms with Gasteiger partial charge in [0.2, 0.25) is 0 Å². The number of aliphatic hydroxyl groups excluding tert-OH is 1. The number of rotatable bonds is 11. The van der Waals surface area contributed by atoms with Crippen LogP contribution in [-0.4, -0.2) is 20.9 Å². The Kier molecular flexibility index (Phi) is 14.9. The largest absolute Gasteiger partial charge is 0.512 e. The Morgan fingerprint density at radius 3 is 2.16 bits per heavy atom. The van der Waals surface area contributed by atoms with Crippen LogP contribution in [0, 0.1) is 23.8 Å². The zero-order chi connectivity index (χ0) is 35.0. The van der Waals surface area contributed by atoms with Crippen molar-refractivity contribution in [3.8, 4) is 22.5 Å². The molecule has 0 aliphatic heterocycles. The molecule has 3 aromatic carbocycles. The number of hydrogen-bond donors (Lipinski definition) is 1. The van der Waals surface area contributed by atoms with Gasteiger partial charge >= 0.3 is 0 Å². The van der Waals surface area contributed by atoms with Crippen LogP contribution in [0.3, 0.4) is 0 Å². The van der Waals surface area contributed by atoms with Crippen LogP contribution in [0.5, 0.6) is 0 Å². The SMILES string of the molecule is CC(C)Cc1ccc2c(-c3cc(-c4[c-]c5ccccc5c(C(C)(C)C)c4)ncn3)csc2c1.CCC(CC)C(=O)/C=C(\O)C(CC)CC.[Ir]. The molecule has 5 aromatic rings. The molecule has 0 unspecified atom stereocenters. The number of carbonyl (C=O) groups is 1. The topological polar surface area (TPSA) is 63.1 Å². The molecule has 1 radical (unpaired) electrons. The zero-order valence-electron chi connectivity index (χ0n) is 30.7. The number of ketones is 1. The van der Waals surface area contributed by atoms with Crippen LogP contribution in [0.25, 0.3) is 43.4 Å². The summed E-state index contributed by atoms with van der Waals surface area (Å²) in [6.45, 7) is 19.4. The molecule has 6 heteroatoms. The summed E-state index contributed by atoms with van der Waals surface area (Å²) in [5.41, 5.74) is 6.79. The van der Waals surface area contributed by atoms with Crippen LogP contribution < -0.4 is 0 Å². The fraction of sp³-hybridized carbons (Fsp3) is 0.419. The van der Waals surface area contributed by atoms with Gasteiger partial charge in [0.25, 0.3) is 0 Å². The summed E-state index contributed by atoms with van der Waals surface area (Å²) in [5, 5.41) is 15.6. The number of nitrogens with zero attached hydrogens (tertiary/aromatic N) is 2. The molecule has 5 rings (SSSR count). The predicted octanol–water partition coefficient (Wildman–Crippen LogP) is 12.3. The minimum absolute atomic E-state index is 0. The van der Waals surface area contributed by atoms with Crippen molar-refractivity contribution in [2.24, 2.45) is 17.8 Å². The van der Waals surface area contributed by atoms with Crippen molar-refractivity contribution in [2.45, 2.75) is 99.8 Å². The summed E-state index contributed by atoms with van der Waals surface area (Å²) in [5.74, 6) is 1.20. The van der Waals surface area contributed by atoms with Crippen LogP contribution in [0.15, 0.2) is 78.1 Å². The van der Waals surface area contributed by atoms with Gasteiger partial charge in [-0.3, -0.25) is 9.78 Å². The standard InChI is InChI=1S/C30H29N2S.C13H24O2.Ir/c1-19(2)12-20-10-11-24-25(17-33-29(24)13-20)28-16-27(31-18-32-28)22-14-21-8-6-7-9-23(21)26(15-22)30(3,4)5;1-5-10(6-2)12(14)9-13(15)11(7-3)8-4;/h6-11,13,15-19H,12H2,1-5H3;9-11,14H,5-8H2,1-4H3;/q-1;;/b;12-9-;. The second-order valence-corrected chi connectivity index (χ2v) is 15.2. The van der Waals surface area contributed by atoms with Crippen molar-refractivity contribution < 1.29 is 30.0 Å². The minimum atomic E-state index is 0. The van der Waals surface area contributed by atoms with E-state index in [4.69, 9.17) is 0 Å². The van der Waals surface area contributed by atoms with E-state index in [1.54, 1.807) is 17.7 Å². The van der Waals surface area contributed by atoms with Crippen molar-refractivity contribution in [3.05, 3.63) is 95.3 Å². The van der Waals surface area contributed by atoms with Gasteiger partial charge in [0, 0.05) is 64.7 Å². The van der Waals surface area contributed by atoms with Crippen LogP contribution in [0.2, 0.25) is 0 Å². The number of allylic oxidation sites excluding steroid dienone is 2. The maximum atomic E-state index is 11.7. The number of aromatic nitrogens is 2. The molecule has 0 spiro atoms. The maximum absolute atomic E-state index is 11.7. The van der Waals surface area contributed by atoms with Gasteiger partial charge in [-0.25, -0.2) is 4.98 Å². The van der Waals surface area contributed by atoms with E-state index < -0.39 is 0 Å². The summed E-state index contributed by atoms with van der Waals surface area (Å²) in [7, 11) is 0. The third-order valence-electron chi connectivity index (χ3n) is 9.17. The van der Waals surface area contributed by atoms with Crippen molar-refractivity contribution in [1.82, 2.24) is 9.97 Å². The van der Waals surface area contributed by atoms with Crippen LogP contribution in [-0.2, 0) is 36.7 Å². The second kappa shape index (κ2) is 18.2. The molecule has 0 saturated heterocycles. The van der Waals surface area contributed by atoms with E-state index in [-0.39, 0.29) is 48.9 Å². The molecule has 0 amide bonds. The number of aliphatic hydroxyl groups is 1. The first kappa shape index (κ1) is 40.3. The normalized spacial score (nSPS) is 12.0. The molecular weight excluding hydrogens is 801 g/mol. The van der Waals surface area contributed by atoms with E-state index in [1.165, 1.54) is 38.2 Å². The van der Waals surface area contributed by atoms with Crippen molar-refractivity contribution >= 4 is 38.0 Å². The quantitative estimate of drug-likeness (QED) is 0.0817. The minimum Gasteiger partial charge on any atom is -0.512 e. The molecule has 4 nitrogen and oxygen atoms in total. The van der Waals surface area contributed by atoms with Gasteiger partial charge in [0.1, 0.15) is 6.33 Å². The van der Waals surface area contributed by atoms with Crippen molar-refractivity contribution in [2.75, 3.05) is 0 Å². The van der Waals surface area contributed by atoms with Gasteiger partial charge in [0.05, 0.1) is 11.5 Å². The van der Waals surface area contributed by atoms with E-state index in [1.807, 2.05) is 27.7 Å². The molecule has 263 valence electrons. The van der Waals surface area contributed by atoms with Gasteiger partial charge in [-0.15, -0.1) is 40.5 Å². The van der Waals surface area contributed by atoms with Crippen LogP contribution in [0.1, 0.15) is 99.1 Å². The molecule has 2 aromatic heterocycles. The van der Waals surface area contributed by atoms with E-state index in [0.29, 0.717) is 5.92 Å². The van der Waals surface area contributed by atoms with Gasteiger partial charge < -0.3 is 5.11 Å². The van der Waals surface area contributed by atoms with Gasteiger partial charge in [-0.2, -0.15) is 0 Å². The number of benzene rings is 3. The average Bonchev–Trinajstić information content (AvgIpc) is 3.48. The average molecular weight is 854 g/mol. The molecule has 0 fully saturated rings. The Labute approximate surface area is 311 Å². The molecule has 0 aliphatic carbocycles. The first-order chi connectivity index (χ1) is 22.9. The second-order valence-electron chi connectivity index (χ2n) is 14.3. The first-order valence-corrected chi connectivity index (χ1v) is 18.5. The summed E-state index contributed by atoms with van der Waals surface area (Å²) < 4.78 is 1.32. The fourth-order valence-corrected chi connectivity index (χ4v) is 7.31. The summed E-state index contributed by atoms with van der Waals surface area (Å²) in [4.78, 5) is 21.0.